The number of methoxy groups -OCH3 is 1. The molecular formula is C49H81NO23. The minimum absolute atomic E-state index is 0.0412. The number of aliphatic hydroxyl groups is 8. The number of rotatable bonds is 15. The molecule has 2 unspecified atom stereocenters. The van der Waals surface area contributed by atoms with Crippen LogP contribution in [0.4, 0.5) is 0 Å². The van der Waals surface area contributed by atoms with Crippen LogP contribution in [0, 0.1) is 23.7 Å². The molecule has 4 rings (SSSR count). The van der Waals surface area contributed by atoms with E-state index in [4.69, 9.17) is 58.3 Å². The van der Waals surface area contributed by atoms with Crippen molar-refractivity contribution in [1.82, 2.24) is 4.90 Å². The highest BCUT2D eigenvalue weighted by molar-refractivity contribution is 5.91. The van der Waals surface area contributed by atoms with E-state index >= 15 is 0 Å². The molecule has 0 aliphatic carbocycles. The van der Waals surface area contributed by atoms with Crippen molar-refractivity contribution in [3.63, 3.8) is 0 Å². The van der Waals surface area contributed by atoms with Crippen LogP contribution in [0.2, 0.25) is 0 Å². The second kappa shape index (κ2) is 28.6. The number of hydrogen-bond donors (Lipinski definition) is 10. The highest BCUT2D eigenvalue weighted by Crippen LogP contribution is 2.37. The first kappa shape index (κ1) is 63.9. The largest absolute Gasteiger partial charge is 0.479 e. The molecule has 3 saturated heterocycles. The number of aliphatic carboxylic acids is 2. The number of hydrogen-bond acceptors (Lipinski definition) is 22. The second-order valence-electron chi connectivity index (χ2n) is 20.1. The third-order valence-corrected chi connectivity index (χ3v) is 14.0. The summed E-state index contributed by atoms with van der Waals surface area (Å²) in [5, 5.41) is 98.9. The van der Waals surface area contributed by atoms with Gasteiger partial charge in [0.25, 0.3) is 0 Å². The number of ether oxygens (including phenoxy) is 8. The molecule has 24 nitrogen and oxygen atoms in total. The lowest BCUT2D eigenvalue weighted by Gasteiger charge is -2.50. The first-order valence-electron chi connectivity index (χ1n) is 24.6. The number of nitrogens with zero attached hydrogens (tertiary/aromatic N) is 1. The summed E-state index contributed by atoms with van der Waals surface area (Å²) in [5.74, 6) is -7.26. The fraction of sp³-hybridized carbons (Fsp3) is 0.816. The molecule has 0 aromatic heterocycles. The highest BCUT2D eigenvalue weighted by atomic mass is 16.7. The summed E-state index contributed by atoms with van der Waals surface area (Å²) in [6.45, 7) is 13.4. The molecule has 3 fully saturated rings. The van der Waals surface area contributed by atoms with Crippen molar-refractivity contribution in [2.45, 2.75) is 203 Å². The van der Waals surface area contributed by atoms with E-state index in [1.165, 1.54) is 20.1 Å². The summed E-state index contributed by atoms with van der Waals surface area (Å²) in [5.41, 5.74) is -0.845. The quantitative estimate of drug-likeness (QED) is 0.0699. The SMILES string of the molecule is CCC1OC(=O)C[C@H](O)[C@@H](C)C(O[C@H]2O[C@@H](C)[C@H](O[C@@H]3C[C@](C)(O)[C@H](O)[C@@H](C)O3)[C@@H](N(C)C)[C@@H]2O)[C@H](CC=O)C[C@H](C)C(=O)/C=C/C(C)=C\[C@H]1CO[C@H]1O[C@@H](C)[C@H](O)[C@H](OC)[C@@H]1O.O=C(O)[C@@H](O)[C@H](O)C(=O)O. The zero-order valence-electron chi connectivity index (χ0n) is 43.5. The first-order chi connectivity index (χ1) is 34.0. The normalized spacial score (nSPS) is 42.3. The van der Waals surface area contributed by atoms with Crippen LogP contribution in [-0.4, -0.2) is 230 Å². The number of aldehydes is 1. The number of carboxylic acids is 2. The fourth-order valence-electron chi connectivity index (χ4n) is 9.55. The fourth-order valence-corrected chi connectivity index (χ4v) is 9.55. The third-order valence-electron chi connectivity index (χ3n) is 14.0. The van der Waals surface area contributed by atoms with E-state index in [0.29, 0.717) is 18.3 Å². The summed E-state index contributed by atoms with van der Waals surface area (Å²) in [6, 6.07) is -0.755. The number of allylic oxidation sites excluding steroid dienone is 3. The van der Waals surface area contributed by atoms with Crippen molar-refractivity contribution < 1.29 is 113 Å². The van der Waals surface area contributed by atoms with Crippen molar-refractivity contribution in [2.75, 3.05) is 27.8 Å². The highest BCUT2D eigenvalue weighted by Gasteiger charge is 2.52. The number of carbonyl (C=O) groups is 5. The van der Waals surface area contributed by atoms with E-state index in [1.54, 1.807) is 72.7 Å². The lowest BCUT2D eigenvalue weighted by Crippen LogP contribution is -2.65. The van der Waals surface area contributed by atoms with E-state index < -0.39 is 164 Å². The van der Waals surface area contributed by atoms with E-state index in [1.807, 2.05) is 6.92 Å². The molecule has 4 aliphatic rings. The molecule has 0 radical (unpaired) electrons. The maximum Gasteiger partial charge on any atom is 0.335 e. The molecule has 0 bridgehead atoms. The molecule has 73 heavy (non-hydrogen) atoms. The number of ketones is 1. The summed E-state index contributed by atoms with van der Waals surface area (Å²) >= 11 is 0. The van der Waals surface area contributed by atoms with Gasteiger partial charge in [0, 0.05) is 37.7 Å². The monoisotopic (exact) mass is 1050 g/mol. The summed E-state index contributed by atoms with van der Waals surface area (Å²) in [4.78, 5) is 60.9. The Bertz CT molecular complexity index is 1830. The van der Waals surface area contributed by atoms with Gasteiger partial charge in [-0.15, -0.1) is 0 Å². The van der Waals surface area contributed by atoms with Crippen LogP contribution < -0.4 is 0 Å². The smallest absolute Gasteiger partial charge is 0.335 e. The summed E-state index contributed by atoms with van der Waals surface area (Å²) < 4.78 is 48.3. The van der Waals surface area contributed by atoms with Gasteiger partial charge in [0.2, 0.25) is 0 Å². The summed E-state index contributed by atoms with van der Waals surface area (Å²) in [6.07, 6.45) is -14.6. The molecular weight excluding hydrogens is 971 g/mol. The Kier molecular flexibility index (Phi) is 25.1. The maximum atomic E-state index is 13.7. The number of carboxylic acid groups (broad SMARTS) is 2. The van der Waals surface area contributed by atoms with Crippen molar-refractivity contribution in [2.24, 2.45) is 23.7 Å². The number of cyclic esters (lactones) is 1. The van der Waals surface area contributed by atoms with Crippen LogP contribution in [0.1, 0.15) is 87.5 Å². The van der Waals surface area contributed by atoms with Gasteiger partial charge in [0.05, 0.1) is 55.2 Å². The van der Waals surface area contributed by atoms with Crippen LogP contribution in [-0.2, 0) is 61.9 Å². The Labute approximate surface area is 425 Å². The standard InChI is InChI=1S/C45H75NO17.C4H6O6/c1-12-32-29(21-57-43-38(53)41(56-11)36(51)25(5)59-43)17-22(2)13-14-30(48)23(3)18-28(15-16-47)39(24(4)31(49)19-33(50)61-32)63-44-37(52)35(46(9)10)40(26(6)60-44)62-34-20-45(8,55)42(54)27(7)58-34;5-1(3(7)8)2(6)4(9)10/h13-14,16-17,23-29,31-32,34-44,49,51-55H,12,15,18-21H2,1-11H3;1-2,5-6H,(H,7,8)(H,9,10)/b14-13+,22-17-;/t23-,24+,25-,26-,27+,28+,29-,31-,32?,34+,35-,36-,37-,38-,39?,40-,41-,42+,43-,44+,45-;1-,2-/m00/s1. The van der Waals surface area contributed by atoms with Crippen LogP contribution >= 0.6 is 0 Å². The molecule has 4 heterocycles. The van der Waals surface area contributed by atoms with Gasteiger partial charge in [0.15, 0.2) is 36.9 Å². The Balaban J connectivity index is 0.00000126. The lowest BCUT2D eigenvalue weighted by atomic mass is 9.79. The Morgan fingerprint density at radius 2 is 1.45 bits per heavy atom. The van der Waals surface area contributed by atoms with Gasteiger partial charge in [-0.3, -0.25) is 9.59 Å². The molecule has 0 spiro atoms. The molecule has 24 heteroatoms. The van der Waals surface area contributed by atoms with Crippen LogP contribution in [0.15, 0.2) is 23.8 Å². The van der Waals surface area contributed by atoms with Crippen molar-refractivity contribution in [3.05, 3.63) is 23.8 Å². The molecule has 0 aromatic rings. The maximum absolute atomic E-state index is 13.7. The minimum Gasteiger partial charge on any atom is -0.479 e. The Morgan fingerprint density at radius 1 is 0.849 bits per heavy atom. The van der Waals surface area contributed by atoms with Gasteiger partial charge >= 0.3 is 17.9 Å². The Hall–Kier alpha value is -3.41. The molecule has 4 aliphatic heterocycles. The lowest BCUT2D eigenvalue weighted by molar-refractivity contribution is -0.341. The van der Waals surface area contributed by atoms with Crippen LogP contribution in [0.3, 0.4) is 0 Å². The van der Waals surface area contributed by atoms with Crippen molar-refractivity contribution in [3.8, 4) is 0 Å². The molecule has 23 atom stereocenters. The van der Waals surface area contributed by atoms with Gasteiger partial charge < -0.3 is 98.7 Å². The molecule has 0 amide bonds. The number of aliphatic hydroxyl groups excluding tert-OH is 7. The topological polar surface area (TPSA) is 365 Å². The van der Waals surface area contributed by atoms with Crippen LogP contribution in [0.25, 0.3) is 0 Å². The predicted molar refractivity (Wildman–Crippen MR) is 253 cm³/mol. The minimum atomic E-state index is -2.27. The van der Waals surface area contributed by atoms with Gasteiger partial charge in [-0.25, -0.2) is 9.59 Å². The zero-order valence-corrected chi connectivity index (χ0v) is 43.5. The predicted octanol–water partition coefficient (Wildman–Crippen LogP) is -0.943. The van der Waals surface area contributed by atoms with Gasteiger partial charge in [-0.1, -0.05) is 38.5 Å². The molecule has 10 N–H and O–H groups in total. The van der Waals surface area contributed by atoms with Crippen LogP contribution in [0.5, 0.6) is 0 Å². The third kappa shape index (κ3) is 17.3. The first-order valence-corrected chi connectivity index (χ1v) is 24.6. The van der Waals surface area contributed by atoms with Crippen molar-refractivity contribution >= 4 is 30.0 Å². The zero-order chi connectivity index (χ0) is 55.4. The number of likely N-dealkylation sites (N-methyl/N-ethyl adjacent to an activating group) is 1. The van der Waals surface area contributed by atoms with Gasteiger partial charge in [-0.2, -0.15) is 0 Å². The van der Waals surface area contributed by atoms with E-state index in [0.717, 1.165) is 0 Å². The van der Waals surface area contributed by atoms with Gasteiger partial charge in [-0.05, 0) is 73.5 Å². The van der Waals surface area contributed by atoms with Crippen molar-refractivity contribution in [1.29, 1.82) is 0 Å². The summed E-state index contributed by atoms with van der Waals surface area (Å²) in [7, 11) is 4.86. The molecule has 0 aromatic carbocycles. The molecule has 420 valence electrons. The van der Waals surface area contributed by atoms with Gasteiger partial charge in [0.1, 0.15) is 49.0 Å². The van der Waals surface area contributed by atoms with E-state index in [-0.39, 0.29) is 31.7 Å². The Morgan fingerprint density at radius 3 is 1.99 bits per heavy atom. The second-order valence-corrected chi connectivity index (χ2v) is 20.1. The molecule has 0 saturated carbocycles. The number of esters is 1. The average Bonchev–Trinajstić information content (AvgIpc) is 3.31. The number of carbonyl (C=O) groups excluding carboxylic acids is 3. The van der Waals surface area contributed by atoms with E-state index in [2.05, 4.69) is 0 Å². The van der Waals surface area contributed by atoms with E-state index in [9.17, 15) is 54.6 Å². The average molecular weight is 1050 g/mol.